The third-order valence-corrected chi connectivity index (χ3v) is 3.73. The molecule has 3 nitrogen and oxygen atoms in total. The molecule has 0 amide bonds. The lowest BCUT2D eigenvalue weighted by molar-refractivity contribution is -0.137. The summed E-state index contributed by atoms with van der Waals surface area (Å²) in [6, 6.07) is 5.12. The summed E-state index contributed by atoms with van der Waals surface area (Å²) < 4.78 is 37.4. The van der Waals surface area contributed by atoms with Crippen molar-refractivity contribution in [3.63, 3.8) is 0 Å². The standard InChI is InChI=1S/C13H14F3N3S/c14-13(15,16)10-3-1-9(2-4-10)5-11(19-17)6-12-7-18-8-20-12/h1-4,7-8,11,19H,5-6,17H2. The maximum atomic E-state index is 12.5. The maximum Gasteiger partial charge on any atom is 0.416 e. The summed E-state index contributed by atoms with van der Waals surface area (Å²) in [6.07, 6.45) is -1.27. The molecule has 1 unspecified atom stereocenters. The summed E-state index contributed by atoms with van der Waals surface area (Å²) in [5, 5.41) is 0. The molecule has 2 aromatic rings. The van der Waals surface area contributed by atoms with Crippen LogP contribution in [0.15, 0.2) is 36.0 Å². The first-order chi connectivity index (χ1) is 9.49. The minimum absolute atomic E-state index is 0.0350. The van der Waals surface area contributed by atoms with Crippen molar-refractivity contribution in [1.29, 1.82) is 0 Å². The summed E-state index contributed by atoms with van der Waals surface area (Å²) >= 11 is 1.53. The second-order valence-corrected chi connectivity index (χ2v) is 5.41. The molecule has 0 radical (unpaired) electrons. The van der Waals surface area contributed by atoms with Crippen molar-refractivity contribution in [2.75, 3.05) is 0 Å². The van der Waals surface area contributed by atoms with Crippen LogP contribution < -0.4 is 11.3 Å². The van der Waals surface area contributed by atoms with Crippen LogP contribution in [0, 0.1) is 0 Å². The number of nitrogens with one attached hydrogen (secondary N) is 1. The van der Waals surface area contributed by atoms with Crippen LogP contribution in [-0.4, -0.2) is 11.0 Å². The third-order valence-electron chi connectivity index (χ3n) is 2.93. The summed E-state index contributed by atoms with van der Waals surface area (Å²) in [4.78, 5) is 5.06. The minimum atomic E-state index is -4.30. The number of hydrogen-bond donors (Lipinski definition) is 2. The van der Waals surface area contributed by atoms with E-state index >= 15 is 0 Å². The Morgan fingerprint density at radius 1 is 1.20 bits per heavy atom. The molecule has 0 spiro atoms. The number of nitrogens with two attached hydrogens (primary N) is 1. The summed E-state index contributed by atoms with van der Waals surface area (Å²) in [5.74, 6) is 5.49. The lowest BCUT2D eigenvalue weighted by Gasteiger charge is -2.15. The highest BCUT2D eigenvalue weighted by atomic mass is 32.1. The van der Waals surface area contributed by atoms with Crippen molar-refractivity contribution >= 4 is 11.3 Å². The van der Waals surface area contributed by atoms with Gasteiger partial charge in [0.1, 0.15) is 0 Å². The number of benzene rings is 1. The molecule has 0 aliphatic heterocycles. The van der Waals surface area contributed by atoms with E-state index in [1.54, 1.807) is 11.7 Å². The van der Waals surface area contributed by atoms with Crippen molar-refractivity contribution < 1.29 is 13.2 Å². The molecule has 1 atom stereocenters. The average Bonchev–Trinajstić information content (AvgIpc) is 2.90. The van der Waals surface area contributed by atoms with Crippen LogP contribution in [-0.2, 0) is 19.0 Å². The molecular weight excluding hydrogens is 287 g/mol. The summed E-state index contributed by atoms with van der Waals surface area (Å²) in [6.45, 7) is 0. The van der Waals surface area contributed by atoms with Gasteiger partial charge in [0.15, 0.2) is 0 Å². The van der Waals surface area contributed by atoms with Gasteiger partial charge in [-0.1, -0.05) is 12.1 Å². The fourth-order valence-corrected chi connectivity index (χ4v) is 2.57. The SMILES string of the molecule is NNC(Cc1ccc(C(F)(F)F)cc1)Cc1cncs1. The highest BCUT2D eigenvalue weighted by Gasteiger charge is 2.29. The topological polar surface area (TPSA) is 50.9 Å². The zero-order chi connectivity index (χ0) is 14.6. The van der Waals surface area contributed by atoms with Gasteiger partial charge in [0.05, 0.1) is 11.1 Å². The van der Waals surface area contributed by atoms with Gasteiger partial charge in [0, 0.05) is 23.5 Å². The summed E-state index contributed by atoms with van der Waals surface area (Å²) in [7, 11) is 0. The first-order valence-corrected chi connectivity index (χ1v) is 6.86. The van der Waals surface area contributed by atoms with Gasteiger partial charge in [-0.25, -0.2) is 0 Å². The fourth-order valence-electron chi connectivity index (χ4n) is 1.89. The molecule has 20 heavy (non-hydrogen) atoms. The number of nitrogens with zero attached hydrogens (tertiary/aromatic N) is 1. The number of rotatable bonds is 5. The smallest absolute Gasteiger partial charge is 0.271 e. The highest BCUT2D eigenvalue weighted by molar-refractivity contribution is 7.09. The lowest BCUT2D eigenvalue weighted by Crippen LogP contribution is -2.38. The van der Waals surface area contributed by atoms with E-state index in [0.717, 1.165) is 22.6 Å². The van der Waals surface area contributed by atoms with Gasteiger partial charge in [-0.05, 0) is 24.1 Å². The Hall–Kier alpha value is -1.44. The van der Waals surface area contributed by atoms with E-state index < -0.39 is 11.7 Å². The number of thiazole rings is 1. The first-order valence-electron chi connectivity index (χ1n) is 5.98. The second-order valence-electron chi connectivity index (χ2n) is 4.43. The molecule has 0 bridgehead atoms. The van der Waals surface area contributed by atoms with Gasteiger partial charge >= 0.3 is 6.18 Å². The molecule has 0 saturated heterocycles. The second kappa shape index (κ2) is 6.34. The van der Waals surface area contributed by atoms with Gasteiger partial charge in [0.2, 0.25) is 0 Å². The Bertz CT molecular complexity index is 523. The molecule has 108 valence electrons. The summed E-state index contributed by atoms with van der Waals surface area (Å²) in [5.41, 5.74) is 4.60. The van der Waals surface area contributed by atoms with Crippen LogP contribution in [0.4, 0.5) is 13.2 Å². The van der Waals surface area contributed by atoms with Crippen molar-refractivity contribution in [2.45, 2.75) is 25.1 Å². The molecule has 7 heteroatoms. The molecule has 0 fully saturated rings. The normalized spacial score (nSPS) is 13.4. The van der Waals surface area contributed by atoms with E-state index in [9.17, 15) is 13.2 Å². The van der Waals surface area contributed by atoms with Crippen molar-refractivity contribution in [1.82, 2.24) is 10.4 Å². The van der Waals surface area contributed by atoms with Crippen molar-refractivity contribution in [3.8, 4) is 0 Å². The van der Waals surface area contributed by atoms with Gasteiger partial charge in [0.25, 0.3) is 0 Å². The molecule has 2 rings (SSSR count). The largest absolute Gasteiger partial charge is 0.416 e. The zero-order valence-electron chi connectivity index (χ0n) is 10.5. The van der Waals surface area contributed by atoms with Gasteiger partial charge in [-0.2, -0.15) is 13.2 Å². The van der Waals surface area contributed by atoms with E-state index in [2.05, 4.69) is 10.4 Å². The van der Waals surface area contributed by atoms with E-state index in [1.165, 1.54) is 23.5 Å². The predicted octanol–water partition coefficient (Wildman–Crippen LogP) is 2.78. The monoisotopic (exact) mass is 301 g/mol. The zero-order valence-corrected chi connectivity index (χ0v) is 11.3. The quantitative estimate of drug-likeness (QED) is 0.659. The molecule has 3 N–H and O–H groups in total. The van der Waals surface area contributed by atoms with Crippen molar-refractivity contribution in [3.05, 3.63) is 52.0 Å². The lowest BCUT2D eigenvalue weighted by atomic mass is 10.0. The molecule has 1 aromatic heterocycles. The minimum Gasteiger partial charge on any atom is -0.271 e. The number of aromatic nitrogens is 1. The fraction of sp³-hybridized carbons (Fsp3) is 0.308. The van der Waals surface area contributed by atoms with Crippen LogP contribution in [0.1, 0.15) is 16.0 Å². The van der Waals surface area contributed by atoms with E-state index in [4.69, 9.17) is 5.84 Å². The maximum absolute atomic E-state index is 12.5. The van der Waals surface area contributed by atoms with E-state index in [-0.39, 0.29) is 6.04 Å². The van der Waals surface area contributed by atoms with Crippen LogP contribution in [0.3, 0.4) is 0 Å². The van der Waals surface area contributed by atoms with Gasteiger partial charge in [-0.15, -0.1) is 11.3 Å². The van der Waals surface area contributed by atoms with Gasteiger partial charge in [-0.3, -0.25) is 16.3 Å². The Morgan fingerprint density at radius 3 is 2.40 bits per heavy atom. The highest BCUT2D eigenvalue weighted by Crippen LogP contribution is 2.29. The molecule has 0 aliphatic carbocycles. The van der Waals surface area contributed by atoms with Crippen LogP contribution in [0.2, 0.25) is 0 Å². The Labute approximate surface area is 118 Å². The van der Waals surface area contributed by atoms with Crippen LogP contribution in [0.25, 0.3) is 0 Å². The molecule has 1 heterocycles. The molecule has 1 aromatic carbocycles. The molecular formula is C13H14F3N3S. The molecule has 0 aliphatic rings. The van der Waals surface area contributed by atoms with Gasteiger partial charge < -0.3 is 0 Å². The number of alkyl halides is 3. The Morgan fingerprint density at radius 2 is 1.90 bits per heavy atom. The predicted molar refractivity (Wildman–Crippen MR) is 72.1 cm³/mol. The van der Waals surface area contributed by atoms with Crippen LogP contribution in [0.5, 0.6) is 0 Å². The first kappa shape index (κ1) is 15.0. The molecule has 0 saturated carbocycles. The third kappa shape index (κ3) is 4.03. The van der Waals surface area contributed by atoms with Crippen LogP contribution >= 0.6 is 11.3 Å². The van der Waals surface area contributed by atoms with E-state index in [0.29, 0.717) is 12.8 Å². The Balaban J connectivity index is 2.01. The Kier molecular flexibility index (Phi) is 4.74. The van der Waals surface area contributed by atoms with E-state index in [1.807, 2.05) is 0 Å². The number of hydrogen-bond acceptors (Lipinski definition) is 4. The number of halogens is 3. The van der Waals surface area contributed by atoms with Crippen molar-refractivity contribution in [2.24, 2.45) is 5.84 Å². The average molecular weight is 301 g/mol. The number of hydrazine groups is 1.